The normalized spacial score (nSPS) is 12.4. The van der Waals surface area contributed by atoms with Gasteiger partial charge >= 0.3 is 0 Å². The lowest BCUT2D eigenvalue weighted by atomic mass is 10.0. The van der Waals surface area contributed by atoms with Crippen LogP contribution in [0.4, 0.5) is 0 Å². The Balaban J connectivity index is 1.92. The molecule has 0 aliphatic rings. The van der Waals surface area contributed by atoms with Gasteiger partial charge in [0, 0.05) is 11.4 Å². The summed E-state index contributed by atoms with van der Waals surface area (Å²) in [5, 5.41) is 5.04. The molecule has 0 radical (unpaired) electrons. The maximum atomic E-state index is 12.2. The maximum absolute atomic E-state index is 12.2. The largest absolute Gasteiger partial charge is 0.483 e. The highest BCUT2D eigenvalue weighted by atomic mass is 32.1. The second-order valence-electron chi connectivity index (χ2n) is 6.78. The van der Waals surface area contributed by atoms with E-state index in [1.165, 1.54) is 4.88 Å². The molecule has 5 heteroatoms. The lowest BCUT2D eigenvalue weighted by Gasteiger charge is -2.23. The van der Waals surface area contributed by atoms with E-state index < -0.39 is 0 Å². The molecule has 136 valence electrons. The Morgan fingerprint density at radius 1 is 1.28 bits per heavy atom. The molecule has 25 heavy (non-hydrogen) atoms. The number of ether oxygens (including phenoxy) is 1. The highest BCUT2D eigenvalue weighted by molar-refractivity contribution is 7.10. The maximum Gasteiger partial charge on any atom is 0.258 e. The van der Waals surface area contributed by atoms with Crippen LogP contribution in [0.2, 0.25) is 0 Å². The molecule has 0 saturated heterocycles. The number of aryl methyl sites for hydroxylation is 1. The first-order valence-electron chi connectivity index (χ1n) is 8.58. The Hall–Kier alpha value is -1.85. The molecule has 4 nitrogen and oxygen atoms in total. The van der Waals surface area contributed by atoms with E-state index in [9.17, 15) is 4.79 Å². The highest BCUT2D eigenvalue weighted by Crippen LogP contribution is 2.27. The molecular weight excluding hydrogens is 332 g/mol. The van der Waals surface area contributed by atoms with Crippen LogP contribution in [0.3, 0.4) is 0 Å². The second kappa shape index (κ2) is 9.02. The smallest absolute Gasteiger partial charge is 0.258 e. The molecule has 1 atom stereocenters. The first-order chi connectivity index (χ1) is 11.9. The van der Waals surface area contributed by atoms with E-state index in [1.807, 2.05) is 33.2 Å². The molecule has 0 bridgehead atoms. The number of nitrogens with zero attached hydrogens (tertiary/aromatic N) is 1. The van der Waals surface area contributed by atoms with Crippen molar-refractivity contribution in [2.45, 2.75) is 32.7 Å². The number of carbonyl (C=O) groups is 1. The minimum Gasteiger partial charge on any atom is -0.483 e. The molecule has 0 aliphatic carbocycles. The molecule has 0 spiro atoms. The Morgan fingerprint density at radius 3 is 2.64 bits per heavy atom. The summed E-state index contributed by atoms with van der Waals surface area (Å²) < 4.78 is 5.80. The highest BCUT2D eigenvalue weighted by Gasteiger charge is 2.17. The van der Waals surface area contributed by atoms with Crippen LogP contribution < -0.4 is 10.1 Å². The van der Waals surface area contributed by atoms with Crippen LogP contribution in [0.15, 0.2) is 35.7 Å². The summed E-state index contributed by atoms with van der Waals surface area (Å²) in [4.78, 5) is 15.6. The Kier molecular flexibility index (Phi) is 7.02. The first kappa shape index (κ1) is 19.5. The van der Waals surface area contributed by atoms with Crippen molar-refractivity contribution in [1.29, 1.82) is 0 Å². The summed E-state index contributed by atoms with van der Waals surface area (Å²) in [7, 11) is 4.05. The van der Waals surface area contributed by atoms with Gasteiger partial charge in [-0.2, -0.15) is 0 Å². The quantitative estimate of drug-likeness (QED) is 0.774. The molecule has 1 N–H and O–H groups in total. The van der Waals surface area contributed by atoms with Gasteiger partial charge in [0.05, 0.1) is 6.04 Å². The predicted octanol–water partition coefficient (Wildman–Crippen LogP) is 3.98. The van der Waals surface area contributed by atoms with E-state index in [4.69, 9.17) is 4.74 Å². The molecule has 1 aromatic carbocycles. The van der Waals surface area contributed by atoms with Crippen molar-refractivity contribution in [2.24, 2.45) is 0 Å². The summed E-state index contributed by atoms with van der Waals surface area (Å²) in [6.45, 7) is 6.88. The molecule has 2 rings (SSSR count). The van der Waals surface area contributed by atoms with Crippen LogP contribution in [-0.4, -0.2) is 38.1 Å². The van der Waals surface area contributed by atoms with Gasteiger partial charge in [0.25, 0.3) is 5.91 Å². The lowest BCUT2D eigenvalue weighted by Crippen LogP contribution is -2.36. The van der Waals surface area contributed by atoms with Crippen molar-refractivity contribution in [1.82, 2.24) is 10.2 Å². The second-order valence-corrected chi connectivity index (χ2v) is 7.76. The molecule has 0 fully saturated rings. The van der Waals surface area contributed by atoms with Gasteiger partial charge in [0.15, 0.2) is 6.61 Å². The molecule has 0 saturated carbocycles. The molecule has 0 unspecified atom stereocenters. The van der Waals surface area contributed by atoms with Gasteiger partial charge in [-0.1, -0.05) is 32.0 Å². The summed E-state index contributed by atoms with van der Waals surface area (Å²) in [5.74, 6) is 1.06. The number of likely N-dealkylation sites (N-methyl/N-ethyl adjacent to an activating group) is 1. The summed E-state index contributed by atoms with van der Waals surface area (Å²) in [6.07, 6.45) is 0. The number of benzene rings is 1. The standard InChI is InChI=1S/C20H28N2O2S/c1-14(2)16-9-8-15(3)11-18(16)24-13-20(23)21-12-17(22(4)5)19-7-6-10-25-19/h6-11,14,17H,12-13H2,1-5H3,(H,21,23)/t17-/m1/s1. The third kappa shape index (κ3) is 5.58. The number of thiophene rings is 1. The van der Waals surface area contributed by atoms with Gasteiger partial charge in [0.2, 0.25) is 0 Å². The van der Waals surface area contributed by atoms with Gasteiger partial charge in [0.1, 0.15) is 5.75 Å². The fourth-order valence-corrected chi connectivity index (χ4v) is 3.59. The monoisotopic (exact) mass is 360 g/mol. The molecule has 0 aliphatic heterocycles. The van der Waals surface area contributed by atoms with Gasteiger partial charge in [-0.15, -0.1) is 11.3 Å². The number of hydrogen-bond donors (Lipinski definition) is 1. The summed E-state index contributed by atoms with van der Waals surface area (Å²) in [5.41, 5.74) is 2.26. The van der Waals surface area contributed by atoms with Crippen molar-refractivity contribution in [3.05, 3.63) is 51.7 Å². The zero-order valence-corrected chi connectivity index (χ0v) is 16.5. The Bertz CT molecular complexity index is 681. The van der Waals surface area contributed by atoms with Crippen LogP contribution in [0.5, 0.6) is 5.75 Å². The summed E-state index contributed by atoms with van der Waals surface area (Å²) >= 11 is 1.70. The van der Waals surface area contributed by atoms with Gasteiger partial charge in [-0.3, -0.25) is 4.79 Å². The minimum absolute atomic E-state index is 0.0355. The fourth-order valence-electron chi connectivity index (χ4n) is 2.67. The van der Waals surface area contributed by atoms with E-state index >= 15 is 0 Å². The summed E-state index contributed by atoms with van der Waals surface area (Å²) in [6, 6.07) is 10.5. The van der Waals surface area contributed by atoms with Gasteiger partial charge in [-0.05, 0) is 55.6 Å². The van der Waals surface area contributed by atoms with Crippen LogP contribution in [0, 0.1) is 6.92 Å². The first-order valence-corrected chi connectivity index (χ1v) is 9.46. The number of hydrogen-bond acceptors (Lipinski definition) is 4. The number of rotatable bonds is 8. The zero-order valence-electron chi connectivity index (χ0n) is 15.7. The van der Waals surface area contributed by atoms with E-state index in [1.54, 1.807) is 11.3 Å². The van der Waals surface area contributed by atoms with Crippen LogP contribution in [0.25, 0.3) is 0 Å². The number of carbonyl (C=O) groups excluding carboxylic acids is 1. The van der Waals surface area contributed by atoms with E-state index in [2.05, 4.69) is 47.6 Å². The Labute approximate surface area is 154 Å². The molecule has 1 amide bonds. The SMILES string of the molecule is Cc1ccc(C(C)C)c(OCC(=O)NC[C@H](c2cccs2)N(C)C)c1. The van der Waals surface area contributed by atoms with Crippen molar-refractivity contribution in [2.75, 3.05) is 27.2 Å². The van der Waals surface area contributed by atoms with E-state index in [-0.39, 0.29) is 18.6 Å². The van der Waals surface area contributed by atoms with Crippen LogP contribution in [0.1, 0.15) is 41.8 Å². The Morgan fingerprint density at radius 2 is 2.04 bits per heavy atom. The third-order valence-corrected chi connectivity index (χ3v) is 5.11. The number of amides is 1. The molecular formula is C20H28N2O2S. The fraction of sp³-hybridized carbons (Fsp3) is 0.450. The lowest BCUT2D eigenvalue weighted by molar-refractivity contribution is -0.123. The topological polar surface area (TPSA) is 41.6 Å². The molecule has 1 aromatic heterocycles. The van der Waals surface area contributed by atoms with Crippen LogP contribution in [-0.2, 0) is 4.79 Å². The molecule has 2 aromatic rings. The minimum atomic E-state index is -0.0976. The van der Waals surface area contributed by atoms with Crippen molar-refractivity contribution < 1.29 is 9.53 Å². The van der Waals surface area contributed by atoms with Crippen LogP contribution >= 0.6 is 11.3 Å². The van der Waals surface area contributed by atoms with Gasteiger partial charge < -0.3 is 15.0 Å². The van der Waals surface area contributed by atoms with E-state index in [0.717, 1.165) is 16.9 Å². The average Bonchev–Trinajstić information content (AvgIpc) is 3.06. The van der Waals surface area contributed by atoms with Crippen molar-refractivity contribution in [3.63, 3.8) is 0 Å². The van der Waals surface area contributed by atoms with Crippen molar-refractivity contribution in [3.8, 4) is 5.75 Å². The third-order valence-electron chi connectivity index (χ3n) is 4.14. The average molecular weight is 361 g/mol. The molecule has 1 heterocycles. The van der Waals surface area contributed by atoms with E-state index in [0.29, 0.717) is 12.5 Å². The van der Waals surface area contributed by atoms with Gasteiger partial charge in [-0.25, -0.2) is 0 Å². The number of nitrogens with one attached hydrogen (secondary N) is 1. The zero-order chi connectivity index (χ0) is 18.4. The predicted molar refractivity (Wildman–Crippen MR) is 105 cm³/mol. The van der Waals surface area contributed by atoms with Crippen molar-refractivity contribution >= 4 is 17.2 Å².